The number of anilines is 1. The van der Waals surface area contributed by atoms with Crippen molar-refractivity contribution in [2.75, 3.05) is 38.5 Å². The molecular weight excluding hydrogens is 350 g/mol. The van der Waals surface area contributed by atoms with Crippen LogP contribution in [0.3, 0.4) is 0 Å². The van der Waals surface area contributed by atoms with E-state index in [1.54, 1.807) is 24.3 Å². The van der Waals surface area contributed by atoms with E-state index in [1.807, 2.05) is 11.9 Å². The number of benzene rings is 1. The summed E-state index contributed by atoms with van der Waals surface area (Å²) in [7, 11) is 2.03. The average Bonchev–Trinajstić information content (AvgIpc) is 2.60. The van der Waals surface area contributed by atoms with Gasteiger partial charge in [0.25, 0.3) is 11.7 Å². The van der Waals surface area contributed by atoms with Gasteiger partial charge in [0.2, 0.25) is 0 Å². The van der Waals surface area contributed by atoms with Crippen LogP contribution < -0.4 is 5.32 Å². The van der Waals surface area contributed by atoms with E-state index >= 15 is 0 Å². The zero-order valence-corrected chi connectivity index (χ0v) is 15.7. The van der Waals surface area contributed by atoms with E-state index < -0.39 is 17.7 Å². The smallest absolute Gasteiger partial charge is 0.350 e. The molecule has 144 valence electrons. The van der Waals surface area contributed by atoms with Gasteiger partial charge in [-0.05, 0) is 25.2 Å². The highest BCUT2D eigenvalue weighted by Crippen LogP contribution is 2.23. The average molecular weight is 373 g/mol. The Morgan fingerprint density at radius 1 is 1.11 bits per heavy atom. The van der Waals surface area contributed by atoms with Gasteiger partial charge in [-0.3, -0.25) is 4.79 Å². The van der Waals surface area contributed by atoms with Crippen molar-refractivity contribution in [3.05, 3.63) is 41.6 Å². The number of rotatable bonds is 3. The molecule has 0 aliphatic carbocycles. The summed E-state index contributed by atoms with van der Waals surface area (Å²) in [5.41, 5.74) is 0.885. The summed E-state index contributed by atoms with van der Waals surface area (Å²) in [5.74, 6) is -2.83. The second-order valence-corrected chi connectivity index (χ2v) is 7.06. The third-order valence-corrected chi connectivity index (χ3v) is 4.40. The van der Waals surface area contributed by atoms with Crippen molar-refractivity contribution in [2.45, 2.75) is 19.6 Å². The minimum Gasteiger partial charge on any atom is -0.419 e. The minimum atomic E-state index is -1.28. The van der Waals surface area contributed by atoms with E-state index in [-0.39, 0.29) is 11.5 Å². The zero-order valence-electron chi connectivity index (χ0n) is 15.7. The van der Waals surface area contributed by atoms with E-state index in [4.69, 9.17) is 9.47 Å². The lowest BCUT2D eigenvalue weighted by Crippen LogP contribution is -2.47. The number of likely N-dealkylation sites (N-methyl/N-ethyl adjacent to an activating group) is 1. The number of esters is 2. The molecule has 0 atom stereocenters. The molecule has 2 aliphatic heterocycles. The number of amides is 1. The van der Waals surface area contributed by atoms with Gasteiger partial charge in [-0.2, -0.15) is 0 Å². The Hall–Kier alpha value is -2.87. The monoisotopic (exact) mass is 373 g/mol. The van der Waals surface area contributed by atoms with Crippen molar-refractivity contribution in [1.82, 2.24) is 9.80 Å². The normalized spacial score (nSPS) is 20.0. The second-order valence-electron chi connectivity index (χ2n) is 7.06. The quantitative estimate of drug-likeness (QED) is 0.484. The Morgan fingerprint density at radius 3 is 2.37 bits per heavy atom. The van der Waals surface area contributed by atoms with Crippen LogP contribution in [0.2, 0.25) is 0 Å². The number of carbonyl (C=O) groups is 3. The number of carbonyl (C=O) groups excluding carboxylic acids is 3. The number of piperazine rings is 1. The summed E-state index contributed by atoms with van der Waals surface area (Å²) < 4.78 is 10.1. The fraction of sp³-hybridized carbons (Fsp3) is 0.421. The summed E-state index contributed by atoms with van der Waals surface area (Å²) in [5, 5.41) is 2.87. The van der Waals surface area contributed by atoms with E-state index in [0.29, 0.717) is 24.3 Å². The predicted octanol–water partition coefficient (Wildman–Crippen LogP) is 1.21. The molecule has 1 amide bonds. The SMILES string of the molecule is CN1CCN(C(=O)c2cccc(NC=C3C(=O)OC(C)(C)OC3=O)c2)CC1. The number of nitrogens with zero attached hydrogens (tertiary/aromatic N) is 2. The third kappa shape index (κ3) is 4.46. The maximum Gasteiger partial charge on any atom is 0.350 e. The number of ether oxygens (including phenoxy) is 2. The van der Waals surface area contributed by atoms with E-state index in [9.17, 15) is 14.4 Å². The van der Waals surface area contributed by atoms with Crippen molar-refractivity contribution in [2.24, 2.45) is 0 Å². The van der Waals surface area contributed by atoms with Crippen LogP contribution >= 0.6 is 0 Å². The molecule has 2 saturated heterocycles. The van der Waals surface area contributed by atoms with E-state index in [0.717, 1.165) is 13.1 Å². The molecule has 2 aliphatic rings. The number of nitrogens with one attached hydrogen (secondary N) is 1. The fourth-order valence-electron chi connectivity index (χ4n) is 2.87. The highest BCUT2D eigenvalue weighted by molar-refractivity contribution is 6.15. The lowest BCUT2D eigenvalue weighted by atomic mass is 10.1. The molecule has 3 rings (SSSR count). The summed E-state index contributed by atoms with van der Waals surface area (Å²) >= 11 is 0. The third-order valence-electron chi connectivity index (χ3n) is 4.40. The van der Waals surface area contributed by atoms with Crippen LogP contribution in [0.15, 0.2) is 36.0 Å². The molecule has 1 aromatic rings. The van der Waals surface area contributed by atoms with Crippen molar-refractivity contribution in [3.63, 3.8) is 0 Å². The Kier molecular flexibility index (Phi) is 5.18. The number of hydrogen-bond donors (Lipinski definition) is 1. The predicted molar refractivity (Wildman–Crippen MR) is 97.8 cm³/mol. The summed E-state index contributed by atoms with van der Waals surface area (Å²) in [6.45, 7) is 6.03. The van der Waals surface area contributed by atoms with Crippen LogP contribution in [0, 0.1) is 0 Å². The van der Waals surface area contributed by atoms with Gasteiger partial charge in [-0.15, -0.1) is 0 Å². The van der Waals surface area contributed by atoms with Gasteiger partial charge in [0, 0.05) is 57.5 Å². The summed E-state index contributed by atoms with van der Waals surface area (Å²) in [4.78, 5) is 40.6. The summed E-state index contributed by atoms with van der Waals surface area (Å²) in [6, 6.07) is 6.90. The zero-order chi connectivity index (χ0) is 19.6. The second kappa shape index (κ2) is 7.40. The Bertz CT molecular complexity index is 772. The van der Waals surface area contributed by atoms with Crippen molar-refractivity contribution in [1.29, 1.82) is 0 Å². The largest absolute Gasteiger partial charge is 0.419 e. The molecular formula is C19H23N3O5. The van der Waals surface area contributed by atoms with Gasteiger partial charge in [0.05, 0.1) is 0 Å². The van der Waals surface area contributed by atoms with Crippen LogP contribution in [0.1, 0.15) is 24.2 Å². The molecule has 0 aromatic heterocycles. The van der Waals surface area contributed by atoms with Crippen molar-refractivity contribution >= 4 is 23.5 Å². The van der Waals surface area contributed by atoms with Crippen LogP contribution in [-0.2, 0) is 19.1 Å². The molecule has 0 radical (unpaired) electrons. The highest BCUT2D eigenvalue weighted by atomic mass is 16.7. The molecule has 0 spiro atoms. The first kappa shape index (κ1) is 18.9. The van der Waals surface area contributed by atoms with Crippen molar-refractivity contribution in [3.8, 4) is 0 Å². The Balaban J connectivity index is 1.70. The lowest BCUT2D eigenvalue weighted by molar-refractivity contribution is -0.222. The first-order valence-electron chi connectivity index (χ1n) is 8.76. The highest BCUT2D eigenvalue weighted by Gasteiger charge is 2.38. The van der Waals surface area contributed by atoms with Crippen LogP contribution in [0.4, 0.5) is 5.69 Å². The maximum atomic E-state index is 12.7. The first-order chi connectivity index (χ1) is 12.7. The molecule has 1 aromatic carbocycles. The number of hydrogen-bond acceptors (Lipinski definition) is 7. The number of cyclic esters (lactones) is 2. The molecule has 0 saturated carbocycles. The minimum absolute atomic E-state index is 0.0439. The molecule has 1 N–H and O–H groups in total. The molecule has 0 unspecified atom stereocenters. The Morgan fingerprint density at radius 2 is 1.74 bits per heavy atom. The van der Waals surface area contributed by atoms with Gasteiger partial charge in [-0.1, -0.05) is 6.07 Å². The molecule has 0 bridgehead atoms. The fourth-order valence-corrected chi connectivity index (χ4v) is 2.87. The van der Waals surface area contributed by atoms with E-state index in [2.05, 4.69) is 10.2 Å². The van der Waals surface area contributed by atoms with Crippen LogP contribution in [-0.4, -0.2) is 66.7 Å². The van der Waals surface area contributed by atoms with Gasteiger partial charge in [-0.25, -0.2) is 9.59 Å². The maximum absolute atomic E-state index is 12.7. The topological polar surface area (TPSA) is 88.2 Å². The Labute approximate surface area is 157 Å². The molecule has 8 nitrogen and oxygen atoms in total. The van der Waals surface area contributed by atoms with Gasteiger partial charge < -0.3 is 24.6 Å². The van der Waals surface area contributed by atoms with Gasteiger partial charge in [0.1, 0.15) is 0 Å². The molecule has 27 heavy (non-hydrogen) atoms. The van der Waals surface area contributed by atoms with Gasteiger partial charge in [0.15, 0.2) is 5.57 Å². The standard InChI is InChI=1S/C19H23N3O5/c1-19(2)26-17(24)15(18(25)27-19)12-20-14-6-4-5-13(11-14)16(23)22-9-7-21(3)8-10-22/h4-6,11-12,20H,7-10H2,1-3H3. The first-order valence-corrected chi connectivity index (χ1v) is 8.76. The van der Waals surface area contributed by atoms with Crippen molar-refractivity contribution < 1.29 is 23.9 Å². The van der Waals surface area contributed by atoms with Crippen LogP contribution in [0.25, 0.3) is 0 Å². The van der Waals surface area contributed by atoms with Gasteiger partial charge >= 0.3 is 11.9 Å². The molecule has 8 heteroatoms. The summed E-state index contributed by atoms with van der Waals surface area (Å²) in [6.07, 6.45) is 1.24. The molecule has 2 fully saturated rings. The van der Waals surface area contributed by atoms with E-state index in [1.165, 1.54) is 20.0 Å². The lowest BCUT2D eigenvalue weighted by Gasteiger charge is -2.32. The van der Waals surface area contributed by atoms with Crippen LogP contribution in [0.5, 0.6) is 0 Å². The molecule has 2 heterocycles.